The zero-order valence-corrected chi connectivity index (χ0v) is 15.1. The summed E-state index contributed by atoms with van der Waals surface area (Å²) >= 11 is 6.17. The van der Waals surface area contributed by atoms with Crippen LogP contribution in [-0.2, 0) is 27.9 Å². The minimum Gasteiger partial charge on any atom is -0.348 e. The molecule has 2 rings (SSSR count). The van der Waals surface area contributed by atoms with Gasteiger partial charge in [-0.3, -0.25) is 9.48 Å². The first-order chi connectivity index (χ1) is 10.7. The van der Waals surface area contributed by atoms with Gasteiger partial charge in [0.2, 0.25) is 5.91 Å². The van der Waals surface area contributed by atoms with Gasteiger partial charge >= 0.3 is 0 Å². The summed E-state index contributed by atoms with van der Waals surface area (Å²) in [6.45, 7) is 5.33. The summed E-state index contributed by atoms with van der Waals surface area (Å²) in [7, 11) is 5.53. The van der Waals surface area contributed by atoms with Crippen molar-refractivity contribution in [3.8, 4) is 0 Å². The van der Waals surface area contributed by atoms with Crippen molar-refractivity contribution in [1.29, 1.82) is 0 Å². The van der Waals surface area contributed by atoms with Crippen LogP contribution >= 0.6 is 11.6 Å². The monoisotopic (exact) mass is 344 g/mol. The third-order valence-corrected chi connectivity index (χ3v) is 3.81. The molecule has 0 N–H and O–H groups in total. The Morgan fingerprint density at radius 3 is 2.70 bits per heavy atom. The highest BCUT2D eigenvalue weighted by atomic mass is 35.5. The molecule has 2 heterocycles. The topological polar surface area (TPSA) is 59.8 Å². The van der Waals surface area contributed by atoms with Gasteiger partial charge in [-0.2, -0.15) is 5.10 Å². The lowest BCUT2D eigenvalue weighted by molar-refractivity contribution is -0.147. The van der Waals surface area contributed by atoms with Crippen molar-refractivity contribution in [2.75, 3.05) is 33.8 Å². The average molecular weight is 345 g/mol. The Balaban J connectivity index is 2.08. The normalized spacial score (nSPS) is 20.2. The first-order valence-corrected chi connectivity index (χ1v) is 7.96. The number of likely N-dealkylation sites (N-methyl/N-ethyl adjacent to an activating group) is 1. The van der Waals surface area contributed by atoms with E-state index >= 15 is 0 Å². The minimum atomic E-state index is -0.608. The van der Waals surface area contributed by atoms with E-state index in [4.69, 9.17) is 21.1 Å². The quantitative estimate of drug-likeness (QED) is 0.774. The maximum atomic E-state index is 12.5. The van der Waals surface area contributed by atoms with Crippen LogP contribution < -0.4 is 0 Å². The highest BCUT2D eigenvalue weighted by Gasteiger charge is 2.34. The van der Waals surface area contributed by atoms with Crippen LogP contribution in [0.4, 0.5) is 0 Å². The lowest BCUT2D eigenvalue weighted by Gasteiger charge is -2.26. The van der Waals surface area contributed by atoms with Gasteiger partial charge in [-0.05, 0) is 27.9 Å². The summed E-state index contributed by atoms with van der Waals surface area (Å²) < 4.78 is 13.0. The van der Waals surface area contributed by atoms with E-state index in [0.29, 0.717) is 37.0 Å². The number of amides is 1. The standard InChI is InChI=1S/C15H25ClN4O3/c1-15(2)22-10-11(23-15)6-20(14(21)9-18(3)4)8-13-12(16)7-19(5)17-13/h7,11H,6,8-10H2,1-5H3/t11-/m0/s1. The largest absolute Gasteiger partial charge is 0.348 e. The van der Waals surface area contributed by atoms with Gasteiger partial charge < -0.3 is 19.3 Å². The molecule has 130 valence electrons. The summed E-state index contributed by atoms with van der Waals surface area (Å²) in [5, 5.41) is 4.87. The van der Waals surface area contributed by atoms with Crippen LogP contribution in [0.25, 0.3) is 0 Å². The van der Waals surface area contributed by atoms with Crippen LogP contribution in [0.15, 0.2) is 6.20 Å². The van der Waals surface area contributed by atoms with Crippen molar-refractivity contribution >= 4 is 17.5 Å². The van der Waals surface area contributed by atoms with Gasteiger partial charge in [-0.1, -0.05) is 11.6 Å². The second kappa shape index (κ2) is 7.17. The van der Waals surface area contributed by atoms with Crippen molar-refractivity contribution in [2.24, 2.45) is 7.05 Å². The third kappa shape index (κ3) is 5.17. The molecule has 0 spiro atoms. The van der Waals surface area contributed by atoms with Crippen molar-refractivity contribution in [2.45, 2.75) is 32.3 Å². The van der Waals surface area contributed by atoms with Gasteiger partial charge in [0.05, 0.1) is 24.7 Å². The molecule has 1 aliphatic heterocycles. The van der Waals surface area contributed by atoms with Crippen LogP contribution in [-0.4, -0.2) is 71.2 Å². The Hall–Kier alpha value is -1.15. The Morgan fingerprint density at radius 2 is 2.22 bits per heavy atom. The van der Waals surface area contributed by atoms with Crippen LogP contribution in [0.2, 0.25) is 5.02 Å². The molecule has 1 amide bonds. The molecule has 23 heavy (non-hydrogen) atoms. The van der Waals surface area contributed by atoms with E-state index in [-0.39, 0.29) is 12.0 Å². The summed E-state index contributed by atoms with van der Waals surface area (Å²) in [5.74, 6) is -0.603. The summed E-state index contributed by atoms with van der Waals surface area (Å²) in [4.78, 5) is 16.1. The molecule has 0 aliphatic carbocycles. The molecular formula is C15H25ClN4O3. The number of carbonyl (C=O) groups excluding carboxylic acids is 1. The average Bonchev–Trinajstić information content (AvgIpc) is 2.90. The Labute approximate surface area is 142 Å². The molecule has 7 nitrogen and oxygen atoms in total. The first kappa shape index (κ1) is 18.2. The number of halogens is 1. The van der Waals surface area contributed by atoms with E-state index in [1.165, 1.54) is 0 Å². The van der Waals surface area contributed by atoms with Crippen LogP contribution in [0, 0.1) is 0 Å². The highest BCUT2D eigenvalue weighted by Crippen LogP contribution is 2.24. The number of aryl methyl sites for hydroxylation is 1. The number of hydrogen-bond donors (Lipinski definition) is 0. The summed E-state index contributed by atoms with van der Waals surface area (Å²) in [5.41, 5.74) is 0.680. The number of ether oxygens (including phenoxy) is 2. The minimum absolute atomic E-state index is 0.00465. The van der Waals surface area contributed by atoms with E-state index in [1.807, 2.05) is 32.8 Å². The predicted molar refractivity (Wildman–Crippen MR) is 87.1 cm³/mol. The van der Waals surface area contributed by atoms with E-state index in [2.05, 4.69) is 5.10 Å². The van der Waals surface area contributed by atoms with Crippen LogP contribution in [0.3, 0.4) is 0 Å². The molecule has 0 bridgehead atoms. The summed E-state index contributed by atoms with van der Waals surface area (Å²) in [6, 6.07) is 0. The number of hydrogen-bond acceptors (Lipinski definition) is 5. The number of carbonyl (C=O) groups is 1. The molecule has 1 fully saturated rings. The summed E-state index contributed by atoms with van der Waals surface area (Å²) in [6.07, 6.45) is 1.57. The van der Waals surface area contributed by atoms with Gasteiger partial charge in [-0.25, -0.2) is 0 Å². The number of nitrogens with zero attached hydrogens (tertiary/aromatic N) is 4. The molecule has 0 aromatic carbocycles. The van der Waals surface area contributed by atoms with Gasteiger partial charge in [0.1, 0.15) is 11.8 Å². The molecule has 1 aliphatic rings. The SMILES string of the molecule is CN(C)CC(=O)N(Cc1nn(C)cc1Cl)C[C@H]1COC(C)(C)O1. The lowest BCUT2D eigenvalue weighted by atomic mass is 10.3. The van der Waals surface area contributed by atoms with Gasteiger partial charge in [-0.15, -0.1) is 0 Å². The molecule has 1 atom stereocenters. The van der Waals surface area contributed by atoms with E-state index < -0.39 is 5.79 Å². The Morgan fingerprint density at radius 1 is 1.52 bits per heavy atom. The fraction of sp³-hybridized carbons (Fsp3) is 0.733. The Kier molecular flexibility index (Phi) is 5.67. The molecule has 8 heteroatoms. The highest BCUT2D eigenvalue weighted by molar-refractivity contribution is 6.31. The molecule has 0 saturated carbocycles. The van der Waals surface area contributed by atoms with Gasteiger partial charge in [0.15, 0.2) is 5.79 Å². The second-order valence-corrected chi connectivity index (χ2v) is 6.97. The third-order valence-electron chi connectivity index (χ3n) is 3.49. The molecule has 1 aromatic rings. The fourth-order valence-electron chi connectivity index (χ4n) is 2.52. The fourth-order valence-corrected chi connectivity index (χ4v) is 2.76. The molecule has 1 aromatic heterocycles. The zero-order valence-electron chi connectivity index (χ0n) is 14.4. The maximum Gasteiger partial charge on any atom is 0.237 e. The molecule has 1 saturated heterocycles. The van der Waals surface area contributed by atoms with Crippen molar-refractivity contribution in [1.82, 2.24) is 19.6 Å². The first-order valence-electron chi connectivity index (χ1n) is 7.58. The lowest BCUT2D eigenvalue weighted by Crippen LogP contribution is -2.42. The number of rotatable bonds is 6. The maximum absolute atomic E-state index is 12.5. The van der Waals surface area contributed by atoms with Crippen LogP contribution in [0.5, 0.6) is 0 Å². The molecular weight excluding hydrogens is 320 g/mol. The number of aromatic nitrogens is 2. The van der Waals surface area contributed by atoms with Crippen LogP contribution in [0.1, 0.15) is 19.5 Å². The van der Waals surface area contributed by atoms with Crippen molar-refractivity contribution in [3.05, 3.63) is 16.9 Å². The van der Waals surface area contributed by atoms with E-state index in [9.17, 15) is 4.79 Å². The molecule has 0 radical (unpaired) electrons. The molecule has 0 unspecified atom stereocenters. The van der Waals surface area contributed by atoms with Crippen molar-refractivity contribution < 1.29 is 14.3 Å². The van der Waals surface area contributed by atoms with Gasteiger partial charge in [0.25, 0.3) is 0 Å². The van der Waals surface area contributed by atoms with Gasteiger partial charge in [0, 0.05) is 19.8 Å². The zero-order chi connectivity index (χ0) is 17.2. The predicted octanol–water partition coefficient (Wildman–Crippen LogP) is 1.12. The second-order valence-electron chi connectivity index (χ2n) is 6.56. The van der Waals surface area contributed by atoms with E-state index in [0.717, 1.165) is 0 Å². The van der Waals surface area contributed by atoms with E-state index in [1.54, 1.807) is 22.8 Å². The smallest absolute Gasteiger partial charge is 0.237 e. The van der Waals surface area contributed by atoms with Crippen molar-refractivity contribution in [3.63, 3.8) is 0 Å². The Bertz CT molecular complexity index is 559.